The zero-order valence-corrected chi connectivity index (χ0v) is 19.9. The fraction of sp³-hybridized carbons (Fsp3) is 0.200. The van der Waals surface area contributed by atoms with Gasteiger partial charge in [-0.15, -0.1) is 6.42 Å². The molecule has 1 amide bonds. The van der Waals surface area contributed by atoms with Crippen LogP contribution in [-0.4, -0.2) is 45.3 Å². The molecule has 0 atom stereocenters. The van der Waals surface area contributed by atoms with Crippen molar-refractivity contribution in [3.63, 3.8) is 0 Å². The van der Waals surface area contributed by atoms with Gasteiger partial charge < -0.3 is 20.4 Å². The zero-order valence-electron chi connectivity index (χ0n) is 19.9. The minimum Gasteiger partial charge on any atom is -0.496 e. The molecule has 0 saturated carbocycles. The van der Waals surface area contributed by atoms with E-state index in [-0.39, 0.29) is 28.4 Å². The maximum absolute atomic E-state index is 15.0. The number of methoxy groups -OCH3 is 1. The molecule has 12 heteroatoms. The van der Waals surface area contributed by atoms with Crippen LogP contribution >= 0.6 is 0 Å². The summed E-state index contributed by atoms with van der Waals surface area (Å²) in [6.45, 7) is 0.0575. The minimum atomic E-state index is -4.58. The van der Waals surface area contributed by atoms with E-state index < -0.39 is 24.4 Å². The van der Waals surface area contributed by atoms with Gasteiger partial charge in [-0.1, -0.05) is 6.07 Å². The van der Waals surface area contributed by atoms with Crippen molar-refractivity contribution in [3.05, 3.63) is 53.4 Å². The van der Waals surface area contributed by atoms with Crippen molar-refractivity contribution >= 4 is 22.8 Å². The highest BCUT2D eigenvalue weighted by atomic mass is 19.4. The highest BCUT2D eigenvalue weighted by Gasteiger charge is 2.29. The van der Waals surface area contributed by atoms with Crippen LogP contribution in [0.15, 0.2) is 30.7 Å². The van der Waals surface area contributed by atoms with Crippen LogP contribution in [0.25, 0.3) is 33.4 Å². The third-order valence-corrected chi connectivity index (χ3v) is 5.84. The zero-order chi connectivity index (χ0) is 27.1. The molecule has 1 aromatic carbocycles. The molecule has 0 unspecified atom stereocenters. The first-order valence-electron chi connectivity index (χ1n) is 10.7. The smallest absolute Gasteiger partial charge is 0.405 e. The molecular weight excluding hydrogens is 492 g/mol. The van der Waals surface area contributed by atoms with Crippen molar-refractivity contribution in [3.8, 4) is 40.5 Å². The Morgan fingerprint density at radius 1 is 1.27 bits per heavy atom. The number of carbonyl (C=O) groups excluding carboxylic acids is 1. The first-order valence-corrected chi connectivity index (χ1v) is 10.7. The number of hydrogen-bond acceptors (Lipinski definition) is 6. The van der Waals surface area contributed by atoms with Crippen LogP contribution in [0, 0.1) is 25.1 Å². The molecule has 0 fully saturated rings. The number of fused-ring (bicyclic) bond motifs is 1. The number of terminal acetylenes is 1. The summed E-state index contributed by atoms with van der Waals surface area (Å²) in [6.07, 6.45) is 3.50. The Bertz CT molecular complexity index is 1590. The van der Waals surface area contributed by atoms with E-state index in [9.17, 15) is 22.4 Å². The Kier molecular flexibility index (Phi) is 6.48. The van der Waals surface area contributed by atoms with Gasteiger partial charge in [-0.25, -0.2) is 19.3 Å². The number of amides is 1. The monoisotopic (exact) mass is 512 g/mol. The van der Waals surface area contributed by atoms with E-state index >= 15 is 0 Å². The van der Waals surface area contributed by atoms with E-state index in [2.05, 4.69) is 20.9 Å². The molecule has 3 heterocycles. The van der Waals surface area contributed by atoms with Gasteiger partial charge in [0, 0.05) is 24.4 Å². The van der Waals surface area contributed by atoms with E-state index in [1.807, 2.05) is 5.32 Å². The lowest BCUT2D eigenvalue weighted by molar-refractivity contribution is -0.123. The number of nitrogens with one attached hydrogen (secondary N) is 1. The summed E-state index contributed by atoms with van der Waals surface area (Å²) in [5.74, 6) is 0.727. The number of nitrogens with zero attached hydrogens (tertiary/aromatic N) is 4. The number of ether oxygens (including phenoxy) is 1. The highest BCUT2D eigenvalue weighted by molar-refractivity contribution is 6.08. The summed E-state index contributed by atoms with van der Waals surface area (Å²) in [5.41, 5.74) is 8.46. The Balaban J connectivity index is 1.97. The van der Waals surface area contributed by atoms with Gasteiger partial charge in [0.05, 0.1) is 23.8 Å². The molecule has 3 aromatic heterocycles. The van der Waals surface area contributed by atoms with E-state index in [0.717, 1.165) is 0 Å². The average Bonchev–Trinajstić information content (AvgIpc) is 3.16. The van der Waals surface area contributed by atoms with E-state index in [4.69, 9.17) is 16.9 Å². The number of aryl methyl sites for hydroxylation is 1. The van der Waals surface area contributed by atoms with Crippen molar-refractivity contribution in [1.29, 1.82) is 0 Å². The van der Waals surface area contributed by atoms with Gasteiger partial charge in [-0.3, -0.25) is 4.79 Å². The summed E-state index contributed by atoms with van der Waals surface area (Å²) in [7, 11) is 2.99. The van der Waals surface area contributed by atoms with Gasteiger partial charge in [0.25, 0.3) is 5.91 Å². The fourth-order valence-electron chi connectivity index (χ4n) is 4.10. The quantitative estimate of drug-likeness (QED) is 0.309. The maximum atomic E-state index is 15.0. The summed E-state index contributed by atoms with van der Waals surface area (Å²) in [5, 5.41) is 2.27. The molecule has 0 radical (unpaired) electrons. The average molecular weight is 512 g/mol. The number of rotatable bonds is 5. The number of carbonyl (C=O) groups is 1. The van der Waals surface area contributed by atoms with Gasteiger partial charge in [-0.2, -0.15) is 13.2 Å². The summed E-state index contributed by atoms with van der Waals surface area (Å²) >= 11 is 0. The van der Waals surface area contributed by atoms with Gasteiger partial charge >= 0.3 is 6.18 Å². The molecule has 4 rings (SSSR count). The van der Waals surface area contributed by atoms with Crippen molar-refractivity contribution in [2.45, 2.75) is 13.1 Å². The predicted molar refractivity (Wildman–Crippen MR) is 129 cm³/mol. The van der Waals surface area contributed by atoms with Crippen LogP contribution < -0.4 is 15.8 Å². The lowest BCUT2D eigenvalue weighted by Crippen LogP contribution is -2.33. The largest absolute Gasteiger partial charge is 0.496 e. The molecule has 4 aromatic rings. The number of aromatic nitrogens is 4. The topological polar surface area (TPSA) is 108 Å². The lowest BCUT2D eigenvalue weighted by atomic mass is 9.95. The molecule has 190 valence electrons. The molecule has 0 spiro atoms. The predicted octanol–water partition coefficient (Wildman–Crippen LogP) is 4.01. The second-order valence-electron chi connectivity index (χ2n) is 8.06. The molecule has 0 aliphatic carbocycles. The molecule has 37 heavy (non-hydrogen) atoms. The van der Waals surface area contributed by atoms with Crippen LogP contribution in [0.4, 0.5) is 23.4 Å². The van der Waals surface area contributed by atoms with E-state index in [0.29, 0.717) is 33.4 Å². The normalized spacial score (nSPS) is 11.4. The third kappa shape index (κ3) is 4.51. The van der Waals surface area contributed by atoms with Crippen molar-refractivity contribution in [2.75, 3.05) is 19.4 Å². The SMILES string of the molecule is C#Cc1ncc(-c2c(-c3ccc(C(=O)NCC(F)(F)F)c(OC)c3)c3c(N)ncnc3n2C)c(C)c1F. The summed E-state index contributed by atoms with van der Waals surface area (Å²) in [4.78, 5) is 24.9. The maximum Gasteiger partial charge on any atom is 0.405 e. The number of alkyl halides is 3. The summed E-state index contributed by atoms with van der Waals surface area (Å²) in [6, 6.07) is 4.32. The second-order valence-corrected chi connectivity index (χ2v) is 8.06. The van der Waals surface area contributed by atoms with Crippen LogP contribution in [0.2, 0.25) is 0 Å². The van der Waals surface area contributed by atoms with Gasteiger partial charge in [0.15, 0.2) is 5.82 Å². The van der Waals surface area contributed by atoms with Crippen LogP contribution in [0.3, 0.4) is 0 Å². The minimum absolute atomic E-state index is 0.0132. The third-order valence-electron chi connectivity index (χ3n) is 5.84. The first kappa shape index (κ1) is 25.4. The number of hydrogen-bond donors (Lipinski definition) is 2. The molecule has 0 aliphatic heterocycles. The molecule has 0 bridgehead atoms. The van der Waals surface area contributed by atoms with Gasteiger partial charge in [0.2, 0.25) is 0 Å². The number of benzene rings is 1. The number of nitrogen functional groups attached to an aromatic ring is 1. The Morgan fingerprint density at radius 2 is 2.00 bits per heavy atom. The first-order chi connectivity index (χ1) is 17.5. The number of nitrogens with two attached hydrogens (primary N) is 1. The molecule has 3 N–H and O–H groups in total. The Morgan fingerprint density at radius 3 is 2.65 bits per heavy atom. The highest BCUT2D eigenvalue weighted by Crippen LogP contribution is 2.43. The van der Waals surface area contributed by atoms with Gasteiger partial charge in [0.1, 0.15) is 35.8 Å². The molecule has 0 saturated heterocycles. The standard InChI is InChI=1S/C25H20F4N6O2/c1-5-16-20(26)12(2)15(9-31-16)21-18(19-22(30)33-11-34-23(19)35(21)3)13-6-7-14(17(8-13)37-4)24(36)32-10-25(27,28)29/h1,6-9,11H,10H2,2-4H3,(H,32,36)(H2,30,33,34). The van der Waals surface area contributed by atoms with Crippen LogP contribution in [0.5, 0.6) is 5.75 Å². The molecule has 8 nitrogen and oxygen atoms in total. The van der Waals surface area contributed by atoms with Crippen LogP contribution in [0.1, 0.15) is 21.6 Å². The van der Waals surface area contributed by atoms with Crippen molar-refractivity contribution in [1.82, 2.24) is 24.8 Å². The molecular formula is C25H20F4N6O2. The van der Waals surface area contributed by atoms with E-state index in [1.165, 1.54) is 37.8 Å². The second kappa shape index (κ2) is 9.42. The lowest BCUT2D eigenvalue weighted by Gasteiger charge is -2.15. The van der Waals surface area contributed by atoms with Crippen molar-refractivity contribution < 1.29 is 27.1 Å². The van der Waals surface area contributed by atoms with E-state index in [1.54, 1.807) is 18.5 Å². The number of halogens is 4. The number of anilines is 1. The Labute approximate surface area is 208 Å². The number of pyridine rings is 1. The molecule has 0 aliphatic rings. The summed E-state index contributed by atoms with van der Waals surface area (Å²) < 4.78 is 59.7. The van der Waals surface area contributed by atoms with Crippen molar-refractivity contribution in [2.24, 2.45) is 7.05 Å². The fourth-order valence-corrected chi connectivity index (χ4v) is 4.10. The Hall–Kier alpha value is -4.66. The van der Waals surface area contributed by atoms with Gasteiger partial charge in [-0.05, 0) is 36.1 Å². The van der Waals surface area contributed by atoms with Crippen LogP contribution in [-0.2, 0) is 7.05 Å².